The van der Waals surface area contributed by atoms with Crippen LogP contribution >= 0.6 is 0 Å². The summed E-state index contributed by atoms with van der Waals surface area (Å²) in [5.41, 5.74) is 0.269. The molecule has 8 rings (SSSR count). The molecule has 17 atom stereocenters. The van der Waals surface area contributed by atoms with Gasteiger partial charge in [0.25, 0.3) is 0 Å². The number of hydrogen-bond acceptors (Lipinski definition) is 18. The highest BCUT2D eigenvalue weighted by molar-refractivity contribution is 5.89. The largest absolute Gasteiger partial charge is 0.497 e. The molecule has 2 amide bonds. The van der Waals surface area contributed by atoms with Crippen LogP contribution < -0.4 is 15.4 Å². The number of aliphatic hydroxyl groups is 4. The fourth-order valence-electron chi connectivity index (χ4n) is 13.7. The SMILES string of the molecule is C=CCOC(=O)NCc1ccc(CNC(=O)O[C@H]2CC[C@@]3(C)C(=CC[C@@H]4C3CC[C@@]3(C)[C@H]4C[C@H](O[C@@H]4OC[C@H](O)[C@H](O[C@@H]5OC[C@@H](O)[C@H](O)[C@H]5OC(=O)c5ccc(OC)cc5)[C@H]4OC(C)=O)[C@]3(O)[C@H](C)C(=O)CCC(C)C)C2)cc1. The molecule has 440 valence electrons. The number of benzene rings is 2. The molecule has 2 saturated heterocycles. The lowest BCUT2D eigenvalue weighted by Gasteiger charge is -2.59. The zero-order chi connectivity index (χ0) is 57.7. The van der Waals surface area contributed by atoms with Gasteiger partial charge in [0.2, 0.25) is 0 Å². The standard InChI is InChI=1S/C60H82N2O18/c1-9-26-73-56(69)61-29-36-11-13-37(14-12-36)30-62-57(70)77-41-22-24-58(6)39(27-41)17-20-42-43(58)23-25-59(7)44(42)28-48(60(59,71)34(4)45(64)21-10-33(2)3)78-55-52(76-35(5)63)50(47(66)32-75-55)80-54-51(49(67)46(65)31-74-54)79-53(68)38-15-18-40(72-8)19-16-38/h9,11-19,33-34,41-44,46-52,54-55,65-67,71H,1,10,20-32H2,2-8H3,(H,61,69)(H,62,70)/t34-,41+,42-,43?,44+,46-,47+,48+,49+,50+,51-,52-,54+,55+,58+,59+,60-/m1/s1. The Morgan fingerprint density at radius 2 is 1.45 bits per heavy atom. The molecular formula is C60H82N2O18. The summed E-state index contributed by atoms with van der Waals surface area (Å²) in [5.74, 6) is -1.79. The van der Waals surface area contributed by atoms with Crippen LogP contribution in [0.1, 0.15) is 121 Å². The predicted octanol–water partition coefficient (Wildman–Crippen LogP) is 6.37. The first-order chi connectivity index (χ1) is 38.1. The second-order valence-electron chi connectivity index (χ2n) is 23.5. The second kappa shape index (κ2) is 25.8. The summed E-state index contributed by atoms with van der Waals surface area (Å²) in [5, 5.41) is 52.6. The number of fused-ring (bicyclic) bond motifs is 5. The number of carbonyl (C=O) groups excluding carboxylic acids is 5. The number of hydrogen-bond donors (Lipinski definition) is 6. The number of aliphatic hydroxyl groups excluding tert-OH is 3. The smallest absolute Gasteiger partial charge is 0.407 e. The molecule has 20 heteroatoms. The van der Waals surface area contributed by atoms with E-state index in [1.54, 1.807) is 19.1 Å². The lowest BCUT2D eigenvalue weighted by Crippen LogP contribution is -2.64. The summed E-state index contributed by atoms with van der Waals surface area (Å²) < 4.78 is 53.0. The van der Waals surface area contributed by atoms with Gasteiger partial charge in [-0.1, -0.05) is 83.2 Å². The Balaban J connectivity index is 0.982. The molecule has 0 radical (unpaired) electrons. The van der Waals surface area contributed by atoms with E-state index in [1.165, 1.54) is 37.8 Å². The Hall–Kier alpha value is -5.45. The van der Waals surface area contributed by atoms with Crippen molar-refractivity contribution in [2.75, 3.05) is 26.9 Å². The number of nitrogens with one attached hydrogen (secondary N) is 2. The van der Waals surface area contributed by atoms with Crippen LogP contribution in [-0.2, 0) is 60.6 Å². The highest BCUT2D eigenvalue weighted by Crippen LogP contribution is 2.69. The Bertz CT molecular complexity index is 2540. The minimum Gasteiger partial charge on any atom is -0.497 e. The van der Waals surface area contributed by atoms with Crippen LogP contribution in [0.4, 0.5) is 9.59 Å². The van der Waals surface area contributed by atoms with Crippen LogP contribution in [0.15, 0.2) is 72.8 Å². The molecular weight excluding hydrogens is 1040 g/mol. The highest BCUT2D eigenvalue weighted by Gasteiger charge is 2.71. The van der Waals surface area contributed by atoms with E-state index >= 15 is 0 Å². The molecule has 80 heavy (non-hydrogen) atoms. The number of carbonyl (C=O) groups is 5. The Morgan fingerprint density at radius 1 is 0.800 bits per heavy atom. The van der Waals surface area contributed by atoms with Gasteiger partial charge in [-0.15, -0.1) is 0 Å². The van der Waals surface area contributed by atoms with Crippen molar-refractivity contribution in [3.8, 4) is 5.75 Å². The third-order valence-corrected chi connectivity index (χ3v) is 18.2. The summed E-state index contributed by atoms with van der Waals surface area (Å²) in [6.45, 7) is 14.8. The van der Waals surface area contributed by atoms with Gasteiger partial charge in [0.05, 0.1) is 32.0 Å². The molecule has 2 aliphatic heterocycles. The van der Waals surface area contributed by atoms with E-state index in [-0.39, 0.29) is 72.7 Å². The molecule has 6 aliphatic rings. The lowest BCUT2D eigenvalue weighted by molar-refractivity contribution is -0.345. The van der Waals surface area contributed by atoms with Crippen LogP contribution in [0, 0.1) is 40.4 Å². The third-order valence-electron chi connectivity index (χ3n) is 18.2. The molecule has 2 aromatic rings. The summed E-state index contributed by atoms with van der Waals surface area (Å²) in [7, 11) is 1.47. The van der Waals surface area contributed by atoms with Gasteiger partial charge in [-0.2, -0.15) is 0 Å². The summed E-state index contributed by atoms with van der Waals surface area (Å²) in [4.78, 5) is 65.8. The van der Waals surface area contributed by atoms with Crippen molar-refractivity contribution in [1.82, 2.24) is 10.6 Å². The first-order valence-electron chi connectivity index (χ1n) is 28.2. The second-order valence-corrected chi connectivity index (χ2v) is 23.5. The third kappa shape index (κ3) is 12.9. The van der Waals surface area contributed by atoms with E-state index in [2.05, 4.69) is 37.1 Å². The molecule has 2 heterocycles. The molecule has 0 aromatic heterocycles. The van der Waals surface area contributed by atoms with Gasteiger partial charge >= 0.3 is 24.1 Å². The van der Waals surface area contributed by atoms with Gasteiger partial charge in [-0.05, 0) is 109 Å². The van der Waals surface area contributed by atoms with E-state index in [0.29, 0.717) is 44.3 Å². The Morgan fingerprint density at radius 3 is 2.09 bits per heavy atom. The van der Waals surface area contributed by atoms with Crippen LogP contribution in [0.25, 0.3) is 0 Å². The summed E-state index contributed by atoms with van der Waals surface area (Å²) >= 11 is 0. The van der Waals surface area contributed by atoms with Crippen molar-refractivity contribution < 1.29 is 87.0 Å². The zero-order valence-electron chi connectivity index (χ0n) is 47.0. The minimum atomic E-state index is -1.75. The molecule has 4 aliphatic carbocycles. The molecule has 5 fully saturated rings. The van der Waals surface area contributed by atoms with Crippen molar-refractivity contribution in [2.45, 2.75) is 179 Å². The van der Waals surface area contributed by atoms with E-state index in [9.17, 15) is 44.4 Å². The van der Waals surface area contributed by atoms with Crippen LogP contribution in [0.2, 0.25) is 0 Å². The van der Waals surface area contributed by atoms with Gasteiger partial charge in [-0.25, -0.2) is 14.4 Å². The van der Waals surface area contributed by atoms with Crippen molar-refractivity contribution in [1.29, 1.82) is 0 Å². The number of ketones is 1. The van der Waals surface area contributed by atoms with Gasteiger partial charge in [0.15, 0.2) is 24.8 Å². The number of alkyl carbamates (subject to hydrolysis) is 2. The maximum atomic E-state index is 14.4. The summed E-state index contributed by atoms with van der Waals surface area (Å²) in [6.07, 6.45) is -5.68. The number of Topliss-reactive ketones (excluding diaryl/α,β-unsaturated/α-hetero) is 1. The monoisotopic (exact) mass is 1120 g/mol. The maximum absolute atomic E-state index is 14.4. The van der Waals surface area contributed by atoms with Gasteiger partial charge in [-0.3, -0.25) is 9.59 Å². The molecule has 6 N–H and O–H groups in total. The predicted molar refractivity (Wildman–Crippen MR) is 287 cm³/mol. The number of esters is 2. The van der Waals surface area contributed by atoms with E-state index in [0.717, 1.165) is 24.0 Å². The first kappa shape index (κ1) is 60.6. The van der Waals surface area contributed by atoms with Crippen molar-refractivity contribution in [3.63, 3.8) is 0 Å². The van der Waals surface area contributed by atoms with Gasteiger partial charge < -0.3 is 73.7 Å². The van der Waals surface area contributed by atoms with Crippen molar-refractivity contribution >= 4 is 29.9 Å². The van der Waals surface area contributed by atoms with Gasteiger partial charge in [0.1, 0.15) is 54.3 Å². The molecule has 0 bridgehead atoms. The quantitative estimate of drug-likeness (QED) is 0.0477. The molecule has 0 spiro atoms. The van der Waals surface area contributed by atoms with Crippen LogP contribution in [-0.4, -0.2) is 144 Å². The molecule has 1 unspecified atom stereocenters. The Labute approximate surface area is 468 Å². The van der Waals surface area contributed by atoms with Crippen molar-refractivity contribution in [3.05, 3.63) is 89.5 Å². The number of rotatable bonds is 20. The van der Waals surface area contributed by atoms with E-state index in [4.69, 9.17) is 42.6 Å². The van der Waals surface area contributed by atoms with Crippen LogP contribution in [0.3, 0.4) is 0 Å². The Kier molecular flexibility index (Phi) is 19.5. The maximum Gasteiger partial charge on any atom is 0.407 e. The van der Waals surface area contributed by atoms with Crippen LogP contribution in [0.5, 0.6) is 5.75 Å². The minimum absolute atomic E-state index is 0.0758. The number of ether oxygens (including phenoxy) is 9. The molecule has 3 saturated carbocycles. The molecule has 2 aromatic carbocycles. The van der Waals surface area contributed by atoms with E-state index in [1.807, 2.05) is 38.1 Å². The number of allylic oxidation sites excluding steroid dienone is 1. The summed E-state index contributed by atoms with van der Waals surface area (Å²) in [6, 6.07) is 13.5. The first-order valence-corrected chi connectivity index (χ1v) is 28.2. The number of methoxy groups -OCH3 is 1. The normalized spacial score (nSPS) is 35.0. The van der Waals surface area contributed by atoms with E-state index < -0.39 is 110 Å². The highest BCUT2D eigenvalue weighted by atomic mass is 16.8. The van der Waals surface area contributed by atoms with Crippen molar-refractivity contribution in [2.24, 2.45) is 40.4 Å². The average molecular weight is 1120 g/mol. The fraction of sp³-hybridized carbons (Fsp3) is 0.650. The fourth-order valence-corrected chi connectivity index (χ4v) is 13.7. The van der Waals surface area contributed by atoms with Gasteiger partial charge in [0, 0.05) is 44.2 Å². The average Bonchev–Trinajstić information content (AvgIpc) is 3.73. The topological polar surface area (TPSA) is 273 Å². The lowest BCUT2D eigenvalue weighted by atomic mass is 9.46. The number of amides is 2. The molecule has 20 nitrogen and oxygen atoms in total. The zero-order valence-corrected chi connectivity index (χ0v) is 47.0.